The first-order valence-corrected chi connectivity index (χ1v) is 7.69. The minimum absolute atomic E-state index is 1.46. The van der Waals surface area contributed by atoms with Crippen molar-refractivity contribution >= 4 is 54.2 Å². The molecule has 3 rings (SSSR count). The SMILES string of the molecule is CC.Cc1scc2c1sc1c(C)scc12. The summed E-state index contributed by atoms with van der Waals surface area (Å²) in [6, 6.07) is 0. The molecule has 0 N–H and O–H groups in total. The van der Waals surface area contributed by atoms with Crippen molar-refractivity contribution in [3.05, 3.63) is 20.5 Å². The molecule has 3 aromatic rings. The third-order valence-corrected chi connectivity index (χ3v) is 5.87. The number of aryl methyl sites for hydroxylation is 2. The molecule has 0 aliphatic rings. The van der Waals surface area contributed by atoms with E-state index in [4.69, 9.17) is 0 Å². The van der Waals surface area contributed by atoms with Gasteiger partial charge in [-0.15, -0.1) is 34.0 Å². The summed E-state index contributed by atoms with van der Waals surface area (Å²) in [6.45, 7) is 8.42. The minimum Gasteiger partial charge on any atom is -0.147 e. The Kier molecular flexibility index (Phi) is 3.14. The lowest BCUT2D eigenvalue weighted by Gasteiger charge is -1.80. The molecule has 80 valence electrons. The number of rotatable bonds is 0. The van der Waals surface area contributed by atoms with E-state index < -0.39 is 0 Å². The van der Waals surface area contributed by atoms with Crippen molar-refractivity contribution in [1.82, 2.24) is 0 Å². The molecule has 3 heterocycles. The van der Waals surface area contributed by atoms with Gasteiger partial charge in [0.1, 0.15) is 0 Å². The second-order valence-electron chi connectivity index (χ2n) is 3.17. The number of hydrogen-bond acceptors (Lipinski definition) is 3. The first-order chi connectivity index (χ1) is 7.27. The average Bonchev–Trinajstić information content (AvgIpc) is 2.87. The van der Waals surface area contributed by atoms with Gasteiger partial charge in [0.05, 0.1) is 0 Å². The molecule has 0 nitrogen and oxygen atoms in total. The molecule has 0 unspecified atom stereocenters. The molecule has 0 spiro atoms. The van der Waals surface area contributed by atoms with Crippen molar-refractivity contribution in [2.75, 3.05) is 0 Å². The molecular weight excluding hydrogens is 240 g/mol. The summed E-state index contributed by atoms with van der Waals surface area (Å²) in [7, 11) is 0. The van der Waals surface area contributed by atoms with E-state index in [0.29, 0.717) is 0 Å². The van der Waals surface area contributed by atoms with Crippen LogP contribution in [0, 0.1) is 13.8 Å². The molecule has 15 heavy (non-hydrogen) atoms. The Labute approximate surface area is 102 Å². The monoisotopic (exact) mass is 254 g/mol. The molecule has 0 aliphatic carbocycles. The number of fused-ring (bicyclic) bond motifs is 3. The molecule has 0 aliphatic heterocycles. The predicted molar refractivity (Wildman–Crippen MR) is 75.9 cm³/mol. The quantitative estimate of drug-likeness (QED) is 0.474. The zero-order valence-corrected chi connectivity index (χ0v) is 11.8. The highest BCUT2D eigenvalue weighted by atomic mass is 32.1. The summed E-state index contributed by atoms with van der Waals surface area (Å²) in [5.41, 5.74) is 0. The van der Waals surface area contributed by atoms with Crippen LogP contribution < -0.4 is 0 Å². The normalized spacial score (nSPS) is 10.7. The van der Waals surface area contributed by atoms with E-state index >= 15 is 0 Å². The maximum atomic E-state index is 2.29. The van der Waals surface area contributed by atoms with Crippen molar-refractivity contribution in [1.29, 1.82) is 0 Å². The van der Waals surface area contributed by atoms with Crippen LogP contribution in [0.1, 0.15) is 23.6 Å². The zero-order valence-electron chi connectivity index (χ0n) is 9.38. The summed E-state index contributed by atoms with van der Waals surface area (Å²) in [6.07, 6.45) is 0. The summed E-state index contributed by atoms with van der Waals surface area (Å²) in [5, 5.41) is 7.50. The van der Waals surface area contributed by atoms with Crippen molar-refractivity contribution < 1.29 is 0 Å². The van der Waals surface area contributed by atoms with Gasteiger partial charge < -0.3 is 0 Å². The highest BCUT2D eigenvalue weighted by Gasteiger charge is 2.11. The first-order valence-electron chi connectivity index (χ1n) is 5.12. The summed E-state index contributed by atoms with van der Waals surface area (Å²) in [5.74, 6) is 0. The molecule has 0 amide bonds. The Balaban J connectivity index is 0.000000404. The average molecular weight is 254 g/mol. The van der Waals surface area contributed by atoms with Gasteiger partial charge in [0, 0.05) is 40.7 Å². The van der Waals surface area contributed by atoms with Crippen molar-refractivity contribution in [3.63, 3.8) is 0 Å². The van der Waals surface area contributed by atoms with Gasteiger partial charge in [0.25, 0.3) is 0 Å². The van der Waals surface area contributed by atoms with Crippen LogP contribution in [0.25, 0.3) is 20.2 Å². The highest BCUT2D eigenvalue weighted by Crippen LogP contribution is 2.42. The smallest absolute Gasteiger partial charge is 0.0492 e. The summed E-state index contributed by atoms with van der Waals surface area (Å²) >= 11 is 5.68. The lowest BCUT2D eigenvalue weighted by atomic mass is 10.3. The van der Waals surface area contributed by atoms with E-state index in [0.717, 1.165) is 0 Å². The van der Waals surface area contributed by atoms with E-state index in [1.807, 2.05) is 47.9 Å². The van der Waals surface area contributed by atoms with Gasteiger partial charge >= 0.3 is 0 Å². The first kappa shape index (κ1) is 11.1. The Bertz CT molecular complexity index is 529. The maximum Gasteiger partial charge on any atom is 0.0492 e. The van der Waals surface area contributed by atoms with Gasteiger partial charge in [0.15, 0.2) is 0 Å². The van der Waals surface area contributed by atoms with Gasteiger partial charge in [-0.1, -0.05) is 13.8 Å². The second-order valence-corrected chi connectivity index (χ2v) is 6.36. The molecule has 0 fully saturated rings. The largest absolute Gasteiger partial charge is 0.147 e. The van der Waals surface area contributed by atoms with Gasteiger partial charge in [0.2, 0.25) is 0 Å². The van der Waals surface area contributed by atoms with Crippen LogP contribution in [0.3, 0.4) is 0 Å². The van der Waals surface area contributed by atoms with E-state index in [9.17, 15) is 0 Å². The van der Waals surface area contributed by atoms with Crippen molar-refractivity contribution in [3.8, 4) is 0 Å². The van der Waals surface area contributed by atoms with Crippen molar-refractivity contribution in [2.45, 2.75) is 27.7 Å². The Hall–Kier alpha value is -0.380. The highest BCUT2D eigenvalue weighted by molar-refractivity contribution is 7.31. The van der Waals surface area contributed by atoms with Crippen LogP contribution in [0.15, 0.2) is 10.8 Å². The Morgan fingerprint density at radius 1 is 0.800 bits per heavy atom. The number of thiophene rings is 3. The van der Waals surface area contributed by atoms with Gasteiger partial charge in [-0.2, -0.15) is 0 Å². The molecule has 0 aromatic carbocycles. The molecule has 0 bridgehead atoms. The van der Waals surface area contributed by atoms with Crippen LogP contribution in [-0.2, 0) is 0 Å². The molecule has 0 saturated heterocycles. The summed E-state index contributed by atoms with van der Waals surface area (Å²) < 4.78 is 2.98. The third kappa shape index (κ3) is 1.63. The molecule has 3 aromatic heterocycles. The standard InChI is InChI=1S/C10H8S3.C2H6/c1-5-9-7(3-11-5)8-4-12-6(2)10(8)13-9;1-2/h3-4H,1-2H3;1-2H3. The van der Waals surface area contributed by atoms with Crippen LogP contribution >= 0.6 is 34.0 Å². The van der Waals surface area contributed by atoms with Crippen LogP contribution in [-0.4, -0.2) is 0 Å². The van der Waals surface area contributed by atoms with Gasteiger partial charge in [-0.05, 0) is 13.8 Å². The van der Waals surface area contributed by atoms with Crippen LogP contribution in [0.2, 0.25) is 0 Å². The van der Waals surface area contributed by atoms with Crippen LogP contribution in [0.4, 0.5) is 0 Å². The molecule has 0 radical (unpaired) electrons. The second kappa shape index (κ2) is 4.24. The van der Waals surface area contributed by atoms with Crippen LogP contribution in [0.5, 0.6) is 0 Å². The fourth-order valence-electron chi connectivity index (χ4n) is 1.62. The molecule has 0 saturated carbocycles. The van der Waals surface area contributed by atoms with E-state index in [1.165, 1.54) is 29.9 Å². The molecule has 0 atom stereocenters. The Morgan fingerprint density at radius 3 is 1.60 bits per heavy atom. The van der Waals surface area contributed by atoms with E-state index in [-0.39, 0.29) is 0 Å². The van der Waals surface area contributed by atoms with E-state index in [2.05, 4.69) is 24.6 Å². The minimum atomic E-state index is 1.46. The van der Waals surface area contributed by atoms with Crippen molar-refractivity contribution in [2.24, 2.45) is 0 Å². The third-order valence-electron chi connectivity index (χ3n) is 2.33. The zero-order chi connectivity index (χ0) is 11.0. The molecular formula is C12H14S3. The topological polar surface area (TPSA) is 0 Å². The fraction of sp³-hybridized carbons (Fsp3) is 0.333. The fourth-order valence-corrected chi connectivity index (χ4v) is 4.87. The van der Waals surface area contributed by atoms with Gasteiger partial charge in [-0.3, -0.25) is 0 Å². The summed E-state index contributed by atoms with van der Waals surface area (Å²) in [4.78, 5) is 2.92. The predicted octanol–water partition coefficient (Wildman–Crippen LogP) is 5.82. The van der Waals surface area contributed by atoms with Gasteiger partial charge in [-0.25, -0.2) is 0 Å². The van der Waals surface area contributed by atoms with E-state index in [1.54, 1.807) is 0 Å². The number of hydrogen-bond donors (Lipinski definition) is 0. The lowest BCUT2D eigenvalue weighted by molar-refractivity contribution is 1.50. The Morgan fingerprint density at radius 2 is 1.20 bits per heavy atom. The molecule has 3 heteroatoms. The lowest BCUT2D eigenvalue weighted by Crippen LogP contribution is -1.52. The maximum absolute atomic E-state index is 2.29.